The summed E-state index contributed by atoms with van der Waals surface area (Å²) < 4.78 is 9.29. The molecule has 2 aromatic heterocycles. The first-order valence-electron chi connectivity index (χ1n) is 10.2. The van der Waals surface area contributed by atoms with Crippen molar-refractivity contribution in [2.45, 2.75) is 70.8 Å². The molecule has 2 aliphatic heterocycles. The molecule has 7 heteroatoms. The van der Waals surface area contributed by atoms with Crippen molar-refractivity contribution >= 4 is 0 Å². The van der Waals surface area contributed by atoms with Gasteiger partial charge in [0, 0.05) is 18.7 Å². The van der Waals surface area contributed by atoms with Crippen LogP contribution in [-0.4, -0.2) is 43.7 Å². The van der Waals surface area contributed by atoms with Gasteiger partial charge in [-0.05, 0) is 56.7 Å². The number of aromatic nitrogens is 4. The first-order chi connectivity index (χ1) is 13.3. The molecule has 1 fully saturated rings. The Labute approximate surface area is 158 Å². The largest absolute Gasteiger partial charge is 0.373 e. The Morgan fingerprint density at radius 2 is 2.04 bits per heavy atom. The number of aryl methyl sites for hydroxylation is 2. The Kier molecular flexibility index (Phi) is 4.57. The fraction of sp³-hybridized carbons (Fsp3) is 0.650. The molecule has 0 N–H and O–H groups in total. The van der Waals surface area contributed by atoms with E-state index >= 15 is 0 Å². The van der Waals surface area contributed by atoms with Crippen LogP contribution in [0.2, 0.25) is 0 Å². The van der Waals surface area contributed by atoms with Crippen molar-refractivity contribution in [3.05, 3.63) is 45.1 Å². The van der Waals surface area contributed by atoms with Gasteiger partial charge in [-0.3, -0.25) is 14.4 Å². The first-order valence-corrected chi connectivity index (χ1v) is 10.2. The molecule has 1 saturated heterocycles. The van der Waals surface area contributed by atoms with E-state index in [-0.39, 0.29) is 5.56 Å². The molecule has 1 aliphatic carbocycles. The standard InChI is InChI=1S/C20H27N5O2/c26-20-10-15-4-1-2-6-19(15)22-25(20)13-17-5-3-7-23(17)12-16-11-18-14-27-9-8-24(18)21-16/h10-11,17H,1-9,12-14H2. The number of rotatable bonds is 4. The molecule has 0 aromatic carbocycles. The lowest BCUT2D eigenvalue weighted by molar-refractivity contribution is 0.0799. The lowest BCUT2D eigenvalue weighted by atomic mass is 9.97. The summed E-state index contributed by atoms with van der Waals surface area (Å²) in [4.78, 5) is 15.0. The molecular formula is C20H27N5O2. The highest BCUT2D eigenvalue weighted by Gasteiger charge is 2.27. The SMILES string of the molecule is O=c1cc2c(nn1CC1CCCN1Cc1cc3n(n1)CCOC3)CCCC2. The van der Waals surface area contributed by atoms with Gasteiger partial charge in [0.05, 0.1) is 43.4 Å². The van der Waals surface area contributed by atoms with E-state index in [2.05, 4.69) is 15.6 Å². The van der Waals surface area contributed by atoms with Crippen LogP contribution in [0.15, 0.2) is 16.9 Å². The normalized spacial score (nSPS) is 22.6. The molecule has 0 saturated carbocycles. The zero-order valence-corrected chi connectivity index (χ0v) is 15.8. The topological polar surface area (TPSA) is 65.2 Å². The average Bonchev–Trinajstić information content (AvgIpc) is 3.29. The van der Waals surface area contributed by atoms with E-state index in [1.807, 2.05) is 6.07 Å². The van der Waals surface area contributed by atoms with E-state index in [0.29, 0.717) is 19.2 Å². The minimum Gasteiger partial charge on any atom is -0.373 e. The molecule has 0 radical (unpaired) electrons. The van der Waals surface area contributed by atoms with Crippen molar-refractivity contribution in [1.29, 1.82) is 0 Å². The lowest BCUT2D eigenvalue weighted by Crippen LogP contribution is -2.37. The van der Waals surface area contributed by atoms with Gasteiger partial charge < -0.3 is 4.74 Å². The van der Waals surface area contributed by atoms with Crippen molar-refractivity contribution in [1.82, 2.24) is 24.5 Å². The average molecular weight is 369 g/mol. The summed E-state index contributed by atoms with van der Waals surface area (Å²) in [6.45, 7) is 4.82. The molecule has 0 amide bonds. The summed E-state index contributed by atoms with van der Waals surface area (Å²) >= 11 is 0. The van der Waals surface area contributed by atoms with Crippen molar-refractivity contribution in [3.63, 3.8) is 0 Å². The van der Waals surface area contributed by atoms with Gasteiger partial charge in [0.25, 0.3) is 5.56 Å². The third kappa shape index (κ3) is 3.46. The van der Waals surface area contributed by atoms with E-state index in [1.165, 1.54) is 25.0 Å². The Hall–Kier alpha value is -1.99. The number of fused-ring (bicyclic) bond motifs is 2. The van der Waals surface area contributed by atoms with Crippen LogP contribution in [0.25, 0.3) is 0 Å². The highest BCUT2D eigenvalue weighted by Crippen LogP contribution is 2.22. The molecular weight excluding hydrogens is 342 g/mol. The molecule has 0 bridgehead atoms. The van der Waals surface area contributed by atoms with Crippen LogP contribution in [0.1, 0.15) is 48.3 Å². The Morgan fingerprint density at radius 3 is 2.96 bits per heavy atom. The van der Waals surface area contributed by atoms with Gasteiger partial charge in [-0.15, -0.1) is 0 Å². The predicted molar refractivity (Wildman–Crippen MR) is 100 cm³/mol. The Bertz CT molecular complexity index is 863. The van der Waals surface area contributed by atoms with E-state index < -0.39 is 0 Å². The van der Waals surface area contributed by atoms with Crippen LogP contribution in [-0.2, 0) is 43.8 Å². The molecule has 27 heavy (non-hydrogen) atoms. The fourth-order valence-electron chi connectivity index (χ4n) is 4.68. The zero-order chi connectivity index (χ0) is 18.2. The summed E-state index contributed by atoms with van der Waals surface area (Å²) in [5, 5.41) is 9.45. The molecule has 7 nitrogen and oxygen atoms in total. The summed E-state index contributed by atoms with van der Waals surface area (Å²) in [7, 11) is 0. The molecule has 4 heterocycles. The molecule has 3 aliphatic rings. The second-order valence-corrected chi connectivity index (χ2v) is 8.01. The van der Waals surface area contributed by atoms with Crippen LogP contribution in [0.4, 0.5) is 0 Å². The second-order valence-electron chi connectivity index (χ2n) is 8.01. The van der Waals surface area contributed by atoms with Gasteiger partial charge in [0.1, 0.15) is 0 Å². The minimum absolute atomic E-state index is 0.0529. The van der Waals surface area contributed by atoms with Crippen molar-refractivity contribution in [2.75, 3.05) is 13.2 Å². The number of nitrogens with zero attached hydrogens (tertiary/aromatic N) is 5. The third-order valence-corrected chi connectivity index (χ3v) is 6.13. The van der Waals surface area contributed by atoms with Crippen LogP contribution < -0.4 is 5.56 Å². The summed E-state index contributed by atoms with van der Waals surface area (Å²) in [5.74, 6) is 0. The van der Waals surface area contributed by atoms with Gasteiger partial charge in [-0.25, -0.2) is 4.68 Å². The maximum Gasteiger partial charge on any atom is 0.267 e. The molecule has 1 atom stereocenters. The first kappa shape index (κ1) is 17.1. The Morgan fingerprint density at radius 1 is 1.11 bits per heavy atom. The monoisotopic (exact) mass is 369 g/mol. The van der Waals surface area contributed by atoms with Gasteiger partial charge in [-0.2, -0.15) is 10.2 Å². The van der Waals surface area contributed by atoms with E-state index in [0.717, 1.165) is 62.5 Å². The highest BCUT2D eigenvalue weighted by molar-refractivity contribution is 5.20. The second kappa shape index (κ2) is 7.20. The van der Waals surface area contributed by atoms with Gasteiger partial charge in [-0.1, -0.05) is 0 Å². The predicted octanol–water partition coefficient (Wildman–Crippen LogP) is 1.51. The fourth-order valence-corrected chi connectivity index (χ4v) is 4.68. The Balaban J connectivity index is 1.31. The van der Waals surface area contributed by atoms with Crippen molar-refractivity contribution < 1.29 is 4.74 Å². The number of likely N-dealkylation sites (tertiary alicyclic amines) is 1. The smallest absolute Gasteiger partial charge is 0.267 e. The molecule has 0 spiro atoms. The molecule has 144 valence electrons. The molecule has 1 unspecified atom stereocenters. The lowest BCUT2D eigenvalue weighted by Gasteiger charge is -2.24. The van der Waals surface area contributed by atoms with E-state index in [1.54, 1.807) is 4.68 Å². The van der Waals surface area contributed by atoms with Crippen LogP contribution in [0, 0.1) is 0 Å². The minimum atomic E-state index is 0.0529. The van der Waals surface area contributed by atoms with Gasteiger partial charge in [0.2, 0.25) is 0 Å². The van der Waals surface area contributed by atoms with Crippen LogP contribution >= 0.6 is 0 Å². The van der Waals surface area contributed by atoms with Crippen LogP contribution in [0.3, 0.4) is 0 Å². The quantitative estimate of drug-likeness (QED) is 0.817. The molecule has 2 aromatic rings. The molecule has 5 rings (SSSR count). The van der Waals surface area contributed by atoms with Gasteiger partial charge in [0.15, 0.2) is 0 Å². The third-order valence-electron chi connectivity index (χ3n) is 6.13. The zero-order valence-electron chi connectivity index (χ0n) is 15.8. The van der Waals surface area contributed by atoms with Gasteiger partial charge >= 0.3 is 0 Å². The number of hydrogen-bond donors (Lipinski definition) is 0. The summed E-state index contributed by atoms with van der Waals surface area (Å²) in [6, 6.07) is 4.34. The summed E-state index contributed by atoms with van der Waals surface area (Å²) in [5.41, 5.74) is 4.62. The van der Waals surface area contributed by atoms with Crippen molar-refractivity contribution in [2.24, 2.45) is 0 Å². The number of ether oxygens (including phenoxy) is 1. The summed E-state index contributed by atoms with van der Waals surface area (Å²) in [6.07, 6.45) is 6.65. The number of hydrogen-bond acceptors (Lipinski definition) is 5. The maximum atomic E-state index is 12.5. The van der Waals surface area contributed by atoms with E-state index in [4.69, 9.17) is 14.9 Å². The van der Waals surface area contributed by atoms with E-state index in [9.17, 15) is 4.79 Å². The maximum absolute atomic E-state index is 12.5. The highest BCUT2D eigenvalue weighted by atomic mass is 16.5. The van der Waals surface area contributed by atoms with Crippen LogP contribution in [0.5, 0.6) is 0 Å². The van der Waals surface area contributed by atoms with Crippen molar-refractivity contribution in [3.8, 4) is 0 Å².